The number of halogens is 2. The lowest BCUT2D eigenvalue weighted by atomic mass is 10.2. The molecular weight excluding hydrogens is 448 g/mol. The lowest BCUT2D eigenvalue weighted by molar-refractivity contribution is 0.0949. The first-order valence-electron chi connectivity index (χ1n) is 7.47. The van der Waals surface area contributed by atoms with Crippen LogP contribution in [0.2, 0.25) is 0 Å². The van der Waals surface area contributed by atoms with Crippen molar-refractivity contribution >= 4 is 44.0 Å². The van der Waals surface area contributed by atoms with Crippen LogP contribution in [0.1, 0.15) is 21.6 Å². The second kappa shape index (κ2) is 8.22. The van der Waals surface area contributed by atoms with Gasteiger partial charge in [0.05, 0.1) is 12.8 Å². The van der Waals surface area contributed by atoms with Crippen LogP contribution in [0.4, 0.5) is 0 Å². The van der Waals surface area contributed by atoms with E-state index in [0.717, 1.165) is 20.1 Å². The summed E-state index contributed by atoms with van der Waals surface area (Å²) >= 11 is 6.78. The Hall–Kier alpha value is -2.25. The molecule has 7 heteroatoms. The summed E-state index contributed by atoms with van der Waals surface area (Å²) in [5, 5.41) is 8.23. The van der Waals surface area contributed by atoms with Gasteiger partial charge in [-0.25, -0.2) is 5.43 Å². The Labute approximate surface area is 162 Å². The van der Waals surface area contributed by atoms with Gasteiger partial charge in [0.1, 0.15) is 0 Å². The molecule has 1 amide bonds. The first-order valence-corrected chi connectivity index (χ1v) is 9.05. The highest BCUT2D eigenvalue weighted by atomic mass is 79.9. The number of hydrazone groups is 1. The molecule has 2 aromatic carbocycles. The van der Waals surface area contributed by atoms with Crippen molar-refractivity contribution in [3.63, 3.8) is 0 Å². The molecule has 0 unspecified atom stereocenters. The van der Waals surface area contributed by atoms with E-state index in [4.69, 9.17) is 0 Å². The molecule has 0 saturated heterocycles. The zero-order valence-electron chi connectivity index (χ0n) is 13.1. The van der Waals surface area contributed by atoms with Crippen LogP contribution in [0, 0.1) is 0 Å². The first-order chi connectivity index (χ1) is 12.1. The fraction of sp³-hybridized carbons (Fsp3) is 0.0556. The van der Waals surface area contributed by atoms with E-state index in [1.807, 2.05) is 48.5 Å². The topological polar surface area (TPSA) is 59.3 Å². The summed E-state index contributed by atoms with van der Waals surface area (Å²) in [6, 6.07) is 17.2. The molecular formula is C18H14Br2N4O. The molecule has 1 heterocycles. The molecule has 5 nitrogen and oxygen atoms in total. The van der Waals surface area contributed by atoms with E-state index < -0.39 is 0 Å². The summed E-state index contributed by atoms with van der Waals surface area (Å²) in [6.07, 6.45) is 3.36. The van der Waals surface area contributed by atoms with Gasteiger partial charge in [-0.05, 0) is 41.5 Å². The second-order valence-corrected chi connectivity index (χ2v) is 7.11. The highest BCUT2D eigenvalue weighted by Crippen LogP contribution is 2.11. The zero-order chi connectivity index (χ0) is 17.6. The fourth-order valence-corrected chi connectivity index (χ4v) is 2.65. The van der Waals surface area contributed by atoms with E-state index in [1.165, 1.54) is 0 Å². The van der Waals surface area contributed by atoms with Crippen LogP contribution in [0.3, 0.4) is 0 Å². The molecule has 1 aromatic heterocycles. The van der Waals surface area contributed by atoms with Crippen LogP contribution in [0.5, 0.6) is 0 Å². The number of nitrogens with one attached hydrogen (secondary N) is 1. The maximum absolute atomic E-state index is 12.1. The van der Waals surface area contributed by atoms with E-state index >= 15 is 0 Å². The number of amides is 1. The summed E-state index contributed by atoms with van der Waals surface area (Å²) in [6.45, 7) is 0.600. The Morgan fingerprint density at radius 2 is 1.68 bits per heavy atom. The van der Waals surface area contributed by atoms with Gasteiger partial charge in [0, 0.05) is 15.1 Å². The van der Waals surface area contributed by atoms with Crippen molar-refractivity contribution in [3.05, 3.63) is 86.6 Å². The van der Waals surface area contributed by atoms with E-state index in [9.17, 15) is 4.79 Å². The van der Waals surface area contributed by atoms with E-state index in [1.54, 1.807) is 23.2 Å². The molecule has 0 aliphatic heterocycles. The van der Waals surface area contributed by atoms with E-state index in [2.05, 4.69) is 47.5 Å². The fourth-order valence-electron chi connectivity index (χ4n) is 2.12. The van der Waals surface area contributed by atoms with Gasteiger partial charge >= 0.3 is 0 Å². The third-order valence-electron chi connectivity index (χ3n) is 3.38. The number of hydrogen-bond donors (Lipinski definition) is 1. The number of nitrogens with zero attached hydrogens (tertiary/aromatic N) is 3. The molecule has 0 saturated carbocycles. The van der Waals surface area contributed by atoms with E-state index in [-0.39, 0.29) is 5.91 Å². The van der Waals surface area contributed by atoms with Gasteiger partial charge < -0.3 is 0 Å². The minimum Gasteiger partial charge on any atom is -0.268 e. The maximum Gasteiger partial charge on any atom is 0.291 e. The van der Waals surface area contributed by atoms with Gasteiger partial charge in [-0.1, -0.05) is 56.1 Å². The average Bonchev–Trinajstić information content (AvgIpc) is 3.07. The summed E-state index contributed by atoms with van der Waals surface area (Å²) < 4.78 is 3.74. The summed E-state index contributed by atoms with van der Waals surface area (Å²) in [4.78, 5) is 12.1. The first kappa shape index (κ1) is 17.6. The zero-order valence-corrected chi connectivity index (χ0v) is 16.2. The van der Waals surface area contributed by atoms with Crippen molar-refractivity contribution < 1.29 is 4.79 Å². The molecule has 1 N–H and O–H groups in total. The molecule has 0 radical (unpaired) electrons. The molecule has 3 aromatic rings. The Bertz CT molecular complexity index is 886. The van der Waals surface area contributed by atoms with Crippen LogP contribution in [-0.2, 0) is 6.54 Å². The van der Waals surface area contributed by atoms with Crippen molar-refractivity contribution in [1.82, 2.24) is 15.2 Å². The van der Waals surface area contributed by atoms with Gasteiger partial charge in [-0.2, -0.15) is 10.2 Å². The lowest BCUT2D eigenvalue weighted by Gasteiger charge is -2.02. The Morgan fingerprint density at radius 3 is 2.36 bits per heavy atom. The molecule has 0 aliphatic rings. The summed E-state index contributed by atoms with van der Waals surface area (Å²) in [5.74, 6) is -0.345. The van der Waals surface area contributed by atoms with Gasteiger partial charge in [-0.15, -0.1) is 0 Å². The van der Waals surface area contributed by atoms with Crippen LogP contribution >= 0.6 is 31.9 Å². The predicted molar refractivity (Wildman–Crippen MR) is 105 cm³/mol. The van der Waals surface area contributed by atoms with E-state index in [0.29, 0.717) is 12.2 Å². The van der Waals surface area contributed by atoms with Gasteiger partial charge in [0.25, 0.3) is 5.91 Å². The van der Waals surface area contributed by atoms with Gasteiger partial charge in [0.15, 0.2) is 5.69 Å². The van der Waals surface area contributed by atoms with Gasteiger partial charge in [0.2, 0.25) is 0 Å². The van der Waals surface area contributed by atoms with Crippen LogP contribution in [-0.4, -0.2) is 21.9 Å². The van der Waals surface area contributed by atoms with Crippen molar-refractivity contribution in [2.24, 2.45) is 5.10 Å². The highest BCUT2D eigenvalue weighted by Gasteiger charge is 2.08. The standard InChI is InChI=1S/C18H14Br2N4O/c19-15-5-1-13(2-6-15)11-21-22-18(25)17-9-10-24(23-17)12-14-3-7-16(20)8-4-14/h1-11H,12H2,(H,22,25). The number of benzene rings is 2. The maximum atomic E-state index is 12.1. The summed E-state index contributed by atoms with van der Waals surface area (Å²) in [5.41, 5.74) is 4.80. The SMILES string of the molecule is O=C(NN=Cc1ccc(Br)cc1)c1ccn(Cc2ccc(Br)cc2)n1. The monoisotopic (exact) mass is 460 g/mol. The van der Waals surface area contributed by atoms with Crippen LogP contribution in [0.25, 0.3) is 0 Å². The molecule has 0 fully saturated rings. The minimum atomic E-state index is -0.345. The minimum absolute atomic E-state index is 0.324. The molecule has 126 valence electrons. The number of carbonyl (C=O) groups excluding carboxylic acids is 1. The molecule has 0 aliphatic carbocycles. The van der Waals surface area contributed by atoms with Crippen LogP contribution in [0.15, 0.2) is 74.8 Å². The smallest absolute Gasteiger partial charge is 0.268 e. The number of rotatable bonds is 5. The van der Waals surface area contributed by atoms with Crippen LogP contribution < -0.4 is 5.43 Å². The van der Waals surface area contributed by atoms with Gasteiger partial charge in [-0.3, -0.25) is 9.48 Å². The Kier molecular flexibility index (Phi) is 5.78. The molecule has 0 bridgehead atoms. The van der Waals surface area contributed by atoms with Crippen molar-refractivity contribution in [2.75, 3.05) is 0 Å². The third kappa shape index (κ3) is 5.11. The highest BCUT2D eigenvalue weighted by molar-refractivity contribution is 9.10. The largest absolute Gasteiger partial charge is 0.291 e. The number of carbonyl (C=O) groups is 1. The van der Waals surface area contributed by atoms with Crippen molar-refractivity contribution in [1.29, 1.82) is 0 Å². The molecule has 0 atom stereocenters. The summed E-state index contributed by atoms with van der Waals surface area (Å²) in [7, 11) is 0. The van der Waals surface area contributed by atoms with Crippen molar-refractivity contribution in [2.45, 2.75) is 6.54 Å². The Balaban J connectivity index is 1.58. The number of hydrogen-bond acceptors (Lipinski definition) is 3. The predicted octanol–water partition coefficient (Wildman–Crippen LogP) is 4.22. The normalized spacial score (nSPS) is 11.0. The van der Waals surface area contributed by atoms with Crippen molar-refractivity contribution in [3.8, 4) is 0 Å². The quantitative estimate of drug-likeness (QED) is 0.456. The molecule has 3 rings (SSSR count). The lowest BCUT2D eigenvalue weighted by Crippen LogP contribution is -2.18. The second-order valence-electron chi connectivity index (χ2n) is 5.28. The third-order valence-corrected chi connectivity index (χ3v) is 4.44. The average molecular weight is 462 g/mol. The number of aromatic nitrogens is 2. The molecule has 0 spiro atoms. The molecule has 25 heavy (non-hydrogen) atoms. The Morgan fingerprint density at radius 1 is 1.04 bits per heavy atom.